The van der Waals surface area contributed by atoms with Crippen LogP contribution in [0.2, 0.25) is 0 Å². The van der Waals surface area contributed by atoms with Gasteiger partial charge in [0.25, 0.3) is 0 Å². The maximum Gasteiger partial charge on any atom is 0.416 e. The second-order valence-corrected chi connectivity index (χ2v) is 13.6. The van der Waals surface area contributed by atoms with Gasteiger partial charge >= 0.3 is 12.2 Å². The van der Waals surface area contributed by atoms with Crippen molar-refractivity contribution in [1.82, 2.24) is 15.1 Å². The Morgan fingerprint density at radius 3 is 2.52 bits per heavy atom. The van der Waals surface area contributed by atoms with Gasteiger partial charge in [0.15, 0.2) is 9.84 Å². The Morgan fingerprint density at radius 2 is 1.85 bits per heavy atom. The first-order valence-corrected chi connectivity index (χ1v) is 16.0. The molecule has 1 saturated carbocycles. The summed E-state index contributed by atoms with van der Waals surface area (Å²) in [5, 5.41) is 3.94. The molecule has 0 bridgehead atoms. The number of rotatable bonds is 5. The molecule has 1 atom stereocenters. The van der Waals surface area contributed by atoms with E-state index in [1.807, 2.05) is 4.90 Å². The largest absolute Gasteiger partial charge is 0.416 e. The van der Waals surface area contributed by atoms with Crippen molar-refractivity contribution in [3.63, 3.8) is 0 Å². The SMILES string of the molecule is N[C@H]1CS(=O)(=O)c2cc(F)c(-c3noc(N4CCOC5(CC5)C4)n3)cc2N(Cc2ccc(-c3ccc(C(F)(F)F)cc3)nc2)C1=O. The third-order valence-corrected chi connectivity index (χ3v) is 10.1. The highest BCUT2D eigenvalue weighted by molar-refractivity contribution is 7.91. The Labute approximate surface area is 259 Å². The smallest absolute Gasteiger partial charge is 0.371 e. The molecule has 1 spiro atoms. The van der Waals surface area contributed by atoms with Crippen molar-refractivity contribution in [1.29, 1.82) is 0 Å². The number of carbonyl (C=O) groups excluding carboxylic acids is 1. The number of aromatic nitrogens is 3. The highest BCUT2D eigenvalue weighted by Crippen LogP contribution is 2.43. The van der Waals surface area contributed by atoms with Crippen LogP contribution in [0.25, 0.3) is 22.6 Å². The molecule has 2 fully saturated rings. The van der Waals surface area contributed by atoms with Gasteiger partial charge in [-0.3, -0.25) is 9.78 Å². The number of pyridine rings is 1. The molecule has 3 aliphatic rings. The zero-order valence-corrected chi connectivity index (χ0v) is 24.8. The summed E-state index contributed by atoms with van der Waals surface area (Å²) in [7, 11) is -4.19. The van der Waals surface area contributed by atoms with E-state index >= 15 is 4.39 Å². The summed E-state index contributed by atoms with van der Waals surface area (Å²) in [6, 6.07) is 8.41. The number of anilines is 2. The molecule has 1 saturated heterocycles. The predicted molar refractivity (Wildman–Crippen MR) is 156 cm³/mol. The molecule has 4 heterocycles. The monoisotopic (exact) mass is 658 g/mol. The molecule has 7 rings (SSSR count). The van der Waals surface area contributed by atoms with Gasteiger partial charge in [0.2, 0.25) is 11.7 Å². The van der Waals surface area contributed by atoms with E-state index in [0.29, 0.717) is 36.5 Å². The van der Waals surface area contributed by atoms with Crippen LogP contribution >= 0.6 is 0 Å². The van der Waals surface area contributed by atoms with Crippen LogP contribution in [-0.4, -0.2) is 66.5 Å². The fourth-order valence-electron chi connectivity index (χ4n) is 5.66. The Kier molecular flexibility index (Phi) is 7.13. The average Bonchev–Trinajstić information content (AvgIpc) is 3.58. The first-order valence-electron chi connectivity index (χ1n) is 14.3. The van der Waals surface area contributed by atoms with Gasteiger partial charge in [-0.15, -0.1) is 0 Å². The number of hydrogen-bond donors (Lipinski definition) is 1. The van der Waals surface area contributed by atoms with Crippen molar-refractivity contribution in [3.8, 4) is 22.6 Å². The molecular formula is C30H26F4N6O5S. The molecule has 46 heavy (non-hydrogen) atoms. The lowest BCUT2D eigenvalue weighted by Gasteiger charge is -2.31. The van der Waals surface area contributed by atoms with E-state index < -0.39 is 50.0 Å². The zero-order chi connectivity index (χ0) is 32.4. The lowest BCUT2D eigenvalue weighted by atomic mass is 10.1. The van der Waals surface area contributed by atoms with Crippen molar-refractivity contribution in [3.05, 3.63) is 71.7 Å². The molecule has 2 N–H and O–H groups in total. The summed E-state index contributed by atoms with van der Waals surface area (Å²) < 4.78 is 92.1. The maximum absolute atomic E-state index is 15.5. The number of sulfone groups is 1. The van der Waals surface area contributed by atoms with Crippen LogP contribution in [0, 0.1) is 5.82 Å². The number of amides is 1. The molecular weight excluding hydrogens is 632 g/mol. The number of carbonyl (C=O) groups is 1. The van der Waals surface area contributed by atoms with Gasteiger partial charge in [-0.05, 0) is 48.7 Å². The average molecular weight is 659 g/mol. The number of halogens is 4. The number of nitrogens with two attached hydrogens (primary N) is 1. The standard InChI is InChI=1S/C30H26F4N6O5S/c31-21-12-25-24(11-20(21)26-37-28(45-38-26)39-9-10-44-29(16-39)7-8-29)40(27(41)22(35)15-46(25,42)43)14-17-1-6-23(36-13-17)18-2-4-19(5-3-18)30(32,33)34/h1-6,11-13,22H,7-10,14-16,35H2/t22-/m0/s1. The molecule has 11 nitrogen and oxygen atoms in total. The number of ether oxygens (including phenoxy) is 1. The number of fused-ring (bicyclic) bond motifs is 1. The second-order valence-electron chi connectivity index (χ2n) is 11.6. The van der Waals surface area contributed by atoms with E-state index in [1.165, 1.54) is 24.4 Å². The number of morpholine rings is 1. The van der Waals surface area contributed by atoms with Gasteiger partial charge in [-0.25, -0.2) is 12.8 Å². The lowest BCUT2D eigenvalue weighted by Crippen LogP contribution is -2.45. The zero-order valence-electron chi connectivity index (χ0n) is 24.0. The van der Waals surface area contributed by atoms with Crippen LogP contribution in [0.3, 0.4) is 0 Å². The van der Waals surface area contributed by atoms with Crippen molar-refractivity contribution >= 4 is 27.4 Å². The van der Waals surface area contributed by atoms with Gasteiger partial charge in [-0.1, -0.05) is 23.4 Å². The van der Waals surface area contributed by atoms with E-state index in [-0.39, 0.29) is 35.2 Å². The van der Waals surface area contributed by atoms with Crippen LogP contribution in [0.15, 0.2) is 64.1 Å². The maximum atomic E-state index is 15.5. The first kappa shape index (κ1) is 30.3. The van der Waals surface area contributed by atoms with Crippen LogP contribution in [0.1, 0.15) is 24.0 Å². The minimum absolute atomic E-state index is 0.115. The Hall–Kier alpha value is -4.41. The summed E-state index contributed by atoms with van der Waals surface area (Å²) in [6.45, 7) is 1.33. The predicted octanol–water partition coefficient (Wildman–Crippen LogP) is 3.97. The Balaban J connectivity index is 1.21. The van der Waals surface area contributed by atoms with Crippen LogP contribution in [-0.2, 0) is 32.1 Å². The normalized spacial score (nSPS) is 20.5. The molecule has 0 unspecified atom stereocenters. The molecule has 0 radical (unpaired) electrons. The molecule has 1 amide bonds. The summed E-state index contributed by atoms with van der Waals surface area (Å²) in [4.78, 5) is 24.7. The summed E-state index contributed by atoms with van der Waals surface area (Å²) in [5.74, 6) is -2.51. The molecule has 2 aromatic heterocycles. The van der Waals surface area contributed by atoms with Crippen molar-refractivity contribution < 1.29 is 40.0 Å². The van der Waals surface area contributed by atoms with Crippen LogP contribution < -0.4 is 15.5 Å². The fourth-order valence-corrected chi connectivity index (χ4v) is 7.22. The summed E-state index contributed by atoms with van der Waals surface area (Å²) >= 11 is 0. The third-order valence-electron chi connectivity index (χ3n) is 8.31. The number of nitrogens with zero attached hydrogens (tertiary/aromatic N) is 5. The second kappa shape index (κ2) is 10.8. The highest BCUT2D eigenvalue weighted by Gasteiger charge is 2.48. The van der Waals surface area contributed by atoms with E-state index in [2.05, 4.69) is 15.1 Å². The van der Waals surface area contributed by atoms with E-state index in [1.54, 1.807) is 12.1 Å². The fraction of sp³-hybridized carbons (Fsp3) is 0.333. The molecule has 240 valence electrons. The van der Waals surface area contributed by atoms with Gasteiger partial charge in [0, 0.05) is 18.3 Å². The topological polar surface area (TPSA) is 145 Å². The first-order chi connectivity index (χ1) is 21.8. The van der Waals surface area contributed by atoms with Gasteiger partial charge in [0.1, 0.15) is 5.82 Å². The lowest BCUT2D eigenvalue weighted by molar-refractivity contribution is -0.137. The van der Waals surface area contributed by atoms with E-state index in [0.717, 1.165) is 35.9 Å². The third kappa shape index (κ3) is 5.60. The molecule has 16 heteroatoms. The minimum atomic E-state index is -4.48. The Bertz CT molecular complexity index is 1930. The summed E-state index contributed by atoms with van der Waals surface area (Å²) in [5.41, 5.74) is 5.95. The Morgan fingerprint density at radius 1 is 1.09 bits per heavy atom. The van der Waals surface area contributed by atoms with Gasteiger partial charge < -0.3 is 24.8 Å². The molecule has 2 aromatic carbocycles. The van der Waals surface area contributed by atoms with E-state index in [9.17, 15) is 26.4 Å². The van der Waals surface area contributed by atoms with Crippen molar-refractivity contribution in [2.24, 2.45) is 5.73 Å². The van der Waals surface area contributed by atoms with Crippen LogP contribution in [0.4, 0.5) is 29.3 Å². The summed E-state index contributed by atoms with van der Waals surface area (Å²) in [6.07, 6.45) is -1.23. The number of alkyl halides is 3. The quantitative estimate of drug-likeness (QED) is 0.313. The minimum Gasteiger partial charge on any atom is -0.371 e. The molecule has 1 aliphatic carbocycles. The number of benzene rings is 2. The molecule has 2 aliphatic heterocycles. The highest BCUT2D eigenvalue weighted by atomic mass is 32.2. The van der Waals surface area contributed by atoms with E-state index in [4.69, 9.17) is 15.0 Å². The van der Waals surface area contributed by atoms with Crippen molar-refractivity contribution in [2.45, 2.75) is 42.1 Å². The number of hydrogen-bond acceptors (Lipinski definition) is 10. The van der Waals surface area contributed by atoms with Gasteiger partial charge in [-0.2, -0.15) is 18.2 Å². The van der Waals surface area contributed by atoms with Gasteiger partial charge in [0.05, 0.1) is 64.5 Å². The van der Waals surface area contributed by atoms with Crippen molar-refractivity contribution in [2.75, 3.05) is 35.2 Å². The van der Waals surface area contributed by atoms with Crippen LogP contribution in [0.5, 0.6) is 0 Å². The molecule has 4 aromatic rings.